The molecule has 11 rings (SSSR count). The molecule has 56 heavy (non-hydrogen) atoms. The number of fused-ring (bicyclic) bond motifs is 6. The topological polar surface area (TPSA) is 56.7 Å². The van der Waals surface area contributed by atoms with E-state index in [9.17, 15) is 0 Å². The van der Waals surface area contributed by atoms with E-state index in [0.717, 1.165) is 88.3 Å². The Bertz CT molecular complexity index is 3220. The zero-order chi connectivity index (χ0) is 37.0. The van der Waals surface area contributed by atoms with Gasteiger partial charge in [-0.2, -0.15) is 9.97 Å². The molecule has 0 atom stereocenters. The molecule has 5 nitrogen and oxygen atoms in total. The second-order valence-corrected chi connectivity index (χ2v) is 14.0. The van der Waals surface area contributed by atoms with Crippen LogP contribution in [0.25, 0.3) is 106 Å². The maximum absolute atomic E-state index is 6.64. The van der Waals surface area contributed by atoms with E-state index < -0.39 is 0 Å². The molecule has 0 spiro atoms. The van der Waals surface area contributed by atoms with Crippen molar-refractivity contribution < 1.29 is 4.42 Å². The molecule has 3 heterocycles. The minimum atomic E-state index is 0.559. The molecule has 0 aliphatic rings. The standard InChI is InChI=1S/C51H32N4O/c1-4-14-33(15-5-1)34-26-28-37(29-27-34)50-52-49(36-18-8-3-9-19-36)53-51(54-50)55-44-24-11-10-20-41(44)42-31-30-38(32-45(42)55)39-21-13-25-46-47(39)43-23-12-22-40(48(43)56-46)35-16-6-2-7-17-35/h1-32H. The Morgan fingerprint density at radius 3 is 1.64 bits per heavy atom. The van der Waals surface area contributed by atoms with Crippen LogP contribution in [0, 0.1) is 0 Å². The lowest BCUT2D eigenvalue weighted by Gasteiger charge is -2.12. The van der Waals surface area contributed by atoms with Crippen molar-refractivity contribution in [3.63, 3.8) is 0 Å². The minimum absolute atomic E-state index is 0.559. The minimum Gasteiger partial charge on any atom is -0.455 e. The molecule has 0 saturated heterocycles. The van der Waals surface area contributed by atoms with Crippen LogP contribution in [0.5, 0.6) is 0 Å². The Hall–Kier alpha value is -7.63. The van der Waals surface area contributed by atoms with Gasteiger partial charge in [0.05, 0.1) is 11.0 Å². The van der Waals surface area contributed by atoms with Crippen molar-refractivity contribution in [3.8, 4) is 62.1 Å². The smallest absolute Gasteiger partial charge is 0.238 e. The van der Waals surface area contributed by atoms with Crippen molar-refractivity contribution in [1.29, 1.82) is 0 Å². The van der Waals surface area contributed by atoms with Crippen LogP contribution < -0.4 is 0 Å². The molecule has 0 aliphatic heterocycles. The highest BCUT2D eigenvalue weighted by Gasteiger charge is 2.20. The van der Waals surface area contributed by atoms with Crippen LogP contribution >= 0.6 is 0 Å². The summed E-state index contributed by atoms with van der Waals surface area (Å²) in [6, 6.07) is 67.4. The van der Waals surface area contributed by atoms with Gasteiger partial charge in [0.2, 0.25) is 5.95 Å². The van der Waals surface area contributed by atoms with Gasteiger partial charge in [-0.3, -0.25) is 4.57 Å². The summed E-state index contributed by atoms with van der Waals surface area (Å²) in [6.45, 7) is 0. The summed E-state index contributed by atoms with van der Waals surface area (Å²) in [7, 11) is 0. The zero-order valence-electron chi connectivity index (χ0n) is 30.2. The van der Waals surface area contributed by atoms with Gasteiger partial charge in [0, 0.05) is 38.2 Å². The molecule has 262 valence electrons. The van der Waals surface area contributed by atoms with Crippen molar-refractivity contribution in [2.24, 2.45) is 0 Å². The number of para-hydroxylation sites is 2. The lowest BCUT2D eigenvalue weighted by atomic mass is 9.96. The van der Waals surface area contributed by atoms with E-state index in [2.05, 4.69) is 156 Å². The molecular formula is C51H32N4O. The molecule has 0 unspecified atom stereocenters. The van der Waals surface area contributed by atoms with Gasteiger partial charge in [-0.05, 0) is 46.0 Å². The van der Waals surface area contributed by atoms with Crippen LogP contribution in [0.3, 0.4) is 0 Å². The van der Waals surface area contributed by atoms with E-state index in [-0.39, 0.29) is 0 Å². The van der Waals surface area contributed by atoms with Crippen molar-refractivity contribution in [3.05, 3.63) is 194 Å². The van der Waals surface area contributed by atoms with E-state index in [1.54, 1.807) is 0 Å². The van der Waals surface area contributed by atoms with Crippen LogP contribution in [0.15, 0.2) is 199 Å². The number of furan rings is 1. The van der Waals surface area contributed by atoms with Gasteiger partial charge in [-0.25, -0.2) is 4.98 Å². The number of rotatable bonds is 6. The maximum Gasteiger partial charge on any atom is 0.238 e. The van der Waals surface area contributed by atoms with Crippen molar-refractivity contribution in [2.75, 3.05) is 0 Å². The van der Waals surface area contributed by atoms with E-state index in [1.165, 1.54) is 0 Å². The SMILES string of the molecule is c1ccc(-c2ccc(-c3nc(-c4ccccc4)nc(-n4c5ccccc5c5ccc(-c6cccc7oc8c(-c9ccccc9)cccc8c67)cc54)n3)cc2)cc1. The summed E-state index contributed by atoms with van der Waals surface area (Å²) in [5.74, 6) is 1.78. The number of hydrogen-bond donors (Lipinski definition) is 0. The Morgan fingerprint density at radius 1 is 0.357 bits per heavy atom. The molecule has 0 saturated carbocycles. The predicted octanol–water partition coefficient (Wildman–Crippen LogP) is 13.2. The highest BCUT2D eigenvalue weighted by molar-refractivity contribution is 6.16. The van der Waals surface area contributed by atoms with Gasteiger partial charge in [0.1, 0.15) is 11.2 Å². The Kier molecular flexibility index (Phi) is 7.42. The number of aromatic nitrogens is 4. The predicted molar refractivity (Wildman–Crippen MR) is 229 cm³/mol. The first-order chi connectivity index (χ1) is 27.8. The maximum atomic E-state index is 6.64. The summed E-state index contributed by atoms with van der Waals surface area (Å²) >= 11 is 0. The number of nitrogens with zero attached hydrogens (tertiary/aromatic N) is 4. The first kappa shape index (κ1) is 31.9. The van der Waals surface area contributed by atoms with Gasteiger partial charge < -0.3 is 4.42 Å². The third-order valence-corrected chi connectivity index (χ3v) is 10.7. The normalized spacial score (nSPS) is 11.6. The number of benzene rings is 8. The van der Waals surface area contributed by atoms with Gasteiger partial charge in [0.15, 0.2) is 11.6 Å². The van der Waals surface area contributed by atoms with Gasteiger partial charge >= 0.3 is 0 Å². The van der Waals surface area contributed by atoms with Crippen LogP contribution in [-0.2, 0) is 0 Å². The molecule has 8 aromatic carbocycles. The molecule has 0 radical (unpaired) electrons. The first-order valence-electron chi connectivity index (χ1n) is 18.8. The molecule has 0 bridgehead atoms. The summed E-state index contributed by atoms with van der Waals surface area (Å²) in [6.07, 6.45) is 0. The van der Waals surface area contributed by atoms with E-state index in [0.29, 0.717) is 17.6 Å². The highest BCUT2D eigenvalue weighted by atomic mass is 16.3. The second-order valence-electron chi connectivity index (χ2n) is 14.0. The van der Waals surface area contributed by atoms with Crippen LogP contribution in [0.1, 0.15) is 0 Å². The molecule has 3 aromatic heterocycles. The quantitative estimate of drug-likeness (QED) is 0.172. The van der Waals surface area contributed by atoms with E-state index >= 15 is 0 Å². The molecule has 0 amide bonds. The third-order valence-electron chi connectivity index (χ3n) is 10.7. The lowest BCUT2D eigenvalue weighted by molar-refractivity contribution is 0.670. The Labute approximate surface area is 322 Å². The van der Waals surface area contributed by atoms with Crippen LogP contribution in [0.2, 0.25) is 0 Å². The van der Waals surface area contributed by atoms with Gasteiger partial charge in [-0.1, -0.05) is 176 Å². The molecule has 0 N–H and O–H groups in total. The summed E-state index contributed by atoms with van der Waals surface area (Å²) in [5, 5.41) is 4.43. The van der Waals surface area contributed by atoms with Crippen molar-refractivity contribution >= 4 is 43.7 Å². The Morgan fingerprint density at radius 2 is 0.893 bits per heavy atom. The molecule has 5 heteroatoms. The average Bonchev–Trinajstić information content (AvgIpc) is 3.83. The third kappa shape index (κ3) is 5.29. The molecular weight excluding hydrogens is 685 g/mol. The van der Waals surface area contributed by atoms with Crippen LogP contribution in [0.4, 0.5) is 0 Å². The fraction of sp³-hybridized carbons (Fsp3) is 0. The summed E-state index contributed by atoms with van der Waals surface area (Å²) < 4.78 is 8.83. The molecule has 0 fully saturated rings. The van der Waals surface area contributed by atoms with Crippen molar-refractivity contribution in [1.82, 2.24) is 19.5 Å². The molecule has 0 aliphatic carbocycles. The fourth-order valence-corrected chi connectivity index (χ4v) is 8.04. The first-order valence-corrected chi connectivity index (χ1v) is 18.8. The average molecular weight is 717 g/mol. The Balaban J connectivity index is 1.12. The highest BCUT2D eigenvalue weighted by Crippen LogP contribution is 2.42. The van der Waals surface area contributed by atoms with Gasteiger partial charge in [0.25, 0.3) is 0 Å². The second kappa shape index (κ2) is 13.0. The summed E-state index contributed by atoms with van der Waals surface area (Å²) in [5.41, 5.74) is 12.3. The van der Waals surface area contributed by atoms with Crippen molar-refractivity contribution in [2.45, 2.75) is 0 Å². The molecule has 11 aromatic rings. The largest absolute Gasteiger partial charge is 0.455 e. The summed E-state index contributed by atoms with van der Waals surface area (Å²) in [4.78, 5) is 15.5. The monoisotopic (exact) mass is 716 g/mol. The van der Waals surface area contributed by atoms with E-state index in [4.69, 9.17) is 19.4 Å². The number of hydrogen-bond acceptors (Lipinski definition) is 4. The zero-order valence-corrected chi connectivity index (χ0v) is 30.2. The lowest BCUT2D eigenvalue weighted by Crippen LogP contribution is -2.06. The van der Waals surface area contributed by atoms with Crippen LogP contribution in [-0.4, -0.2) is 19.5 Å². The van der Waals surface area contributed by atoms with Gasteiger partial charge in [-0.15, -0.1) is 0 Å². The fourth-order valence-electron chi connectivity index (χ4n) is 8.04. The van der Waals surface area contributed by atoms with E-state index in [1.807, 2.05) is 42.5 Å².